The van der Waals surface area contributed by atoms with E-state index in [-0.39, 0.29) is 6.42 Å². The van der Waals surface area contributed by atoms with Crippen LogP contribution in [0.1, 0.15) is 18.9 Å². The van der Waals surface area contributed by atoms with Crippen molar-refractivity contribution in [2.75, 3.05) is 0 Å². The number of carboxylic acid groups (broad SMARTS) is 1. The maximum Gasteiger partial charge on any atom is 0.307 e. The van der Waals surface area contributed by atoms with Crippen LogP contribution >= 0.6 is 11.6 Å². The third-order valence-electron chi connectivity index (χ3n) is 1.85. The molecule has 16 heavy (non-hydrogen) atoms. The number of hydrogen-bond donors (Lipinski definition) is 1. The second-order valence-corrected chi connectivity index (χ2v) is 3.69. The summed E-state index contributed by atoms with van der Waals surface area (Å²) in [6.45, 7) is 1.64. The minimum absolute atomic E-state index is 0.101. The van der Waals surface area contributed by atoms with E-state index in [1.165, 1.54) is 6.07 Å². The fourth-order valence-corrected chi connectivity index (χ4v) is 1.40. The van der Waals surface area contributed by atoms with Gasteiger partial charge in [-0.15, -0.1) is 0 Å². The number of ether oxygens (including phenoxy) is 1. The lowest BCUT2D eigenvalue weighted by Crippen LogP contribution is -2.16. The molecular weight excluding hydrogens is 230 g/mol. The molecule has 0 radical (unpaired) electrons. The van der Waals surface area contributed by atoms with Crippen molar-refractivity contribution in [1.29, 1.82) is 5.26 Å². The Morgan fingerprint density at radius 2 is 2.38 bits per heavy atom. The number of nitriles is 1. The average Bonchev–Trinajstić information content (AvgIpc) is 2.19. The van der Waals surface area contributed by atoms with Gasteiger partial charge in [0.25, 0.3) is 0 Å². The smallest absolute Gasteiger partial charge is 0.307 e. The Hall–Kier alpha value is -1.73. The second kappa shape index (κ2) is 5.38. The lowest BCUT2D eigenvalue weighted by Gasteiger charge is -2.13. The van der Waals surface area contributed by atoms with E-state index in [2.05, 4.69) is 0 Å². The molecule has 0 heterocycles. The lowest BCUT2D eigenvalue weighted by molar-refractivity contribution is -0.138. The summed E-state index contributed by atoms with van der Waals surface area (Å²) in [6.07, 6.45) is -0.570. The molecule has 1 rings (SSSR count). The fourth-order valence-electron chi connectivity index (χ4n) is 1.17. The van der Waals surface area contributed by atoms with E-state index in [4.69, 9.17) is 26.7 Å². The number of benzene rings is 1. The highest BCUT2D eigenvalue weighted by Crippen LogP contribution is 2.26. The molecule has 0 amide bonds. The highest BCUT2D eigenvalue weighted by Gasteiger charge is 2.11. The number of carboxylic acids is 1. The summed E-state index contributed by atoms with van der Waals surface area (Å²) >= 11 is 5.87. The Kier molecular flexibility index (Phi) is 4.15. The van der Waals surface area contributed by atoms with Gasteiger partial charge in [-0.3, -0.25) is 4.79 Å². The summed E-state index contributed by atoms with van der Waals surface area (Å²) < 4.78 is 5.33. The monoisotopic (exact) mass is 239 g/mol. The summed E-state index contributed by atoms with van der Waals surface area (Å²) in [5.74, 6) is -0.549. The Balaban J connectivity index is 2.75. The molecule has 0 bridgehead atoms. The van der Waals surface area contributed by atoms with Crippen LogP contribution in [0, 0.1) is 11.3 Å². The van der Waals surface area contributed by atoms with Gasteiger partial charge in [0.05, 0.1) is 23.1 Å². The van der Waals surface area contributed by atoms with Crippen LogP contribution in [0.3, 0.4) is 0 Å². The zero-order valence-electron chi connectivity index (χ0n) is 8.61. The summed E-state index contributed by atoms with van der Waals surface area (Å²) in [4.78, 5) is 10.4. The molecule has 1 aromatic rings. The minimum atomic E-state index is -0.933. The zero-order valence-corrected chi connectivity index (χ0v) is 9.36. The Morgan fingerprint density at radius 3 is 2.88 bits per heavy atom. The lowest BCUT2D eigenvalue weighted by atomic mass is 10.2. The first-order valence-electron chi connectivity index (χ1n) is 4.61. The summed E-state index contributed by atoms with van der Waals surface area (Å²) in [5, 5.41) is 17.5. The molecular formula is C11H10ClNO3. The van der Waals surface area contributed by atoms with Gasteiger partial charge in [0, 0.05) is 0 Å². The van der Waals surface area contributed by atoms with Crippen molar-refractivity contribution >= 4 is 17.6 Å². The van der Waals surface area contributed by atoms with E-state index < -0.39 is 12.1 Å². The van der Waals surface area contributed by atoms with Gasteiger partial charge < -0.3 is 9.84 Å². The largest absolute Gasteiger partial charge is 0.489 e. The number of rotatable bonds is 4. The highest BCUT2D eigenvalue weighted by molar-refractivity contribution is 6.32. The number of nitrogens with zero attached hydrogens (tertiary/aromatic N) is 1. The van der Waals surface area contributed by atoms with Crippen molar-refractivity contribution in [1.82, 2.24) is 0 Å². The van der Waals surface area contributed by atoms with Crippen molar-refractivity contribution in [3.63, 3.8) is 0 Å². The normalized spacial score (nSPS) is 11.6. The van der Waals surface area contributed by atoms with E-state index in [9.17, 15) is 4.79 Å². The highest BCUT2D eigenvalue weighted by atomic mass is 35.5. The van der Waals surface area contributed by atoms with E-state index in [0.717, 1.165) is 0 Å². The molecule has 0 aliphatic carbocycles. The molecule has 1 N–H and O–H groups in total. The van der Waals surface area contributed by atoms with E-state index >= 15 is 0 Å². The maximum absolute atomic E-state index is 10.4. The zero-order chi connectivity index (χ0) is 12.1. The summed E-state index contributed by atoms with van der Waals surface area (Å²) in [6, 6.07) is 6.54. The first-order chi connectivity index (χ1) is 7.52. The van der Waals surface area contributed by atoms with Gasteiger partial charge in [0.15, 0.2) is 0 Å². The molecule has 0 aliphatic heterocycles. The first-order valence-corrected chi connectivity index (χ1v) is 4.99. The molecule has 1 aromatic carbocycles. The van der Waals surface area contributed by atoms with Crippen LogP contribution in [0.15, 0.2) is 18.2 Å². The fraction of sp³-hybridized carbons (Fsp3) is 0.273. The molecule has 0 saturated heterocycles. The van der Waals surface area contributed by atoms with Crippen molar-refractivity contribution in [2.45, 2.75) is 19.4 Å². The van der Waals surface area contributed by atoms with Gasteiger partial charge in [-0.05, 0) is 25.1 Å². The number of hydrogen-bond acceptors (Lipinski definition) is 3. The van der Waals surface area contributed by atoms with Crippen LogP contribution in [-0.4, -0.2) is 17.2 Å². The summed E-state index contributed by atoms with van der Waals surface area (Å²) in [7, 11) is 0. The number of carbonyl (C=O) groups is 1. The van der Waals surface area contributed by atoms with Crippen molar-refractivity contribution in [2.24, 2.45) is 0 Å². The Labute approximate surface area is 98.0 Å². The predicted octanol–water partition coefficient (Wildman–Crippen LogP) is 2.45. The molecule has 0 fully saturated rings. The van der Waals surface area contributed by atoms with Gasteiger partial charge in [0.1, 0.15) is 11.9 Å². The van der Waals surface area contributed by atoms with Crippen LogP contribution in [0.5, 0.6) is 5.75 Å². The minimum Gasteiger partial charge on any atom is -0.489 e. The van der Waals surface area contributed by atoms with Gasteiger partial charge in [0.2, 0.25) is 0 Å². The molecule has 5 heteroatoms. The predicted molar refractivity (Wildman–Crippen MR) is 58.5 cm³/mol. The van der Waals surface area contributed by atoms with Crippen LogP contribution in [0.4, 0.5) is 0 Å². The molecule has 0 aromatic heterocycles. The van der Waals surface area contributed by atoms with Crippen molar-refractivity contribution < 1.29 is 14.6 Å². The standard InChI is InChI=1S/C11H10ClNO3/c1-7(4-11(14)15)16-10-3-2-8(6-13)5-9(10)12/h2-3,5,7H,4H2,1H3,(H,14,15)/t7-/m1/s1. The molecule has 0 saturated carbocycles. The third kappa shape index (κ3) is 3.44. The molecule has 84 valence electrons. The van der Waals surface area contributed by atoms with Gasteiger partial charge in [-0.1, -0.05) is 11.6 Å². The van der Waals surface area contributed by atoms with Crippen LogP contribution < -0.4 is 4.74 Å². The quantitative estimate of drug-likeness (QED) is 0.876. The van der Waals surface area contributed by atoms with E-state index in [0.29, 0.717) is 16.3 Å². The first kappa shape index (κ1) is 12.3. The topological polar surface area (TPSA) is 70.3 Å². The average molecular weight is 240 g/mol. The third-order valence-corrected chi connectivity index (χ3v) is 2.15. The SMILES string of the molecule is C[C@H](CC(=O)O)Oc1ccc(C#N)cc1Cl. The van der Waals surface area contributed by atoms with Gasteiger partial charge in [-0.25, -0.2) is 0 Å². The molecule has 1 atom stereocenters. The Morgan fingerprint density at radius 1 is 1.69 bits per heavy atom. The maximum atomic E-state index is 10.4. The summed E-state index contributed by atoms with van der Waals surface area (Å²) in [5.41, 5.74) is 0.434. The van der Waals surface area contributed by atoms with Gasteiger partial charge in [-0.2, -0.15) is 5.26 Å². The molecule has 0 unspecified atom stereocenters. The molecule has 4 nitrogen and oxygen atoms in total. The Bertz CT molecular complexity index is 439. The second-order valence-electron chi connectivity index (χ2n) is 3.28. The molecule has 0 aliphatic rings. The molecule has 0 spiro atoms. The number of halogens is 1. The van der Waals surface area contributed by atoms with Crippen LogP contribution in [0.25, 0.3) is 0 Å². The van der Waals surface area contributed by atoms with Crippen molar-refractivity contribution in [3.8, 4) is 11.8 Å². The van der Waals surface area contributed by atoms with Crippen molar-refractivity contribution in [3.05, 3.63) is 28.8 Å². The van der Waals surface area contributed by atoms with Crippen LogP contribution in [0.2, 0.25) is 5.02 Å². The van der Waals surface area contributed by atoms with E-state index in [1.54, 1.807) is 19.1 Å². The van der Waals surface area contributed by atoms with Gasteiger partial charge >= 0.3 is 5.97 Å². The van der Waals surface area contributed by atoms with Crippen LogP contribution in [-0.2, 0) is 4.79 Å². The number of aliphatic carboxylic acids is 1. The van der Waals surface area contributed by atoms with E-state index in [1.807, 2.05) is 6.07 Å².